The predicted octanol–water partition coefficient (Wildman–Crippen LogP) is 4.66. The lowest BCUT2D eigenvalue weighted by atomic mass is 9.52. The lowest BCUT2D eigenvalue weighted by Gasteiger charge is -2.53. The Balaban J connectivity index is 0.892. The zero-order valence-electron chi connectivity index (χ0n) is 33.7. The van der Waals surface area contributed by atoms with Gasteiger partial charge in [-0.2, -0.15) is 5.06 Å². The normalized spacial score (nSPS) is 43.2. The molecule has 12 nitrogen and oxygen atoms in total. The Morgan fingerprint density at radius 1 is 0.947 bits per heavy atom. The highest BCUT2D eigenvalue weighted by Gasteiger charge is 2.78. The molecule has 1 aromatic carbocycles. The van der Waals surface area contributed by atoms with Gasteiger partial charge in [0.15, 0.2) is 11.8 Å². The molecule has 5 heterocycles. The van der Waals surface area contributed by atoms with Crippen LogP contribution in [-0.2, 0) is 44.7 Å². The number of benzene rings is 1. The van der Waals surface area contributed by atoms with E-state index in [0.717, 1.165) is 56.1 Å². The summed E-state index contributed by atoms with van der Waals surface area (Å²) in [5.74, 6) is 0.0719. The number of hydroxylamine groups is 2. The van der Waals surface area contributed by atoms with Gasteiger partial charge >= 0.3 is 5.97 Å². The van der Waals surface area contributed by atoms with Gasteiger partial charge in [0.1, 0.15) is 35.9 Å². The van der Waals surface area contributed by atoms with Gasteiger partial charge in [0.2, 0.25) is 11.8 Å². The van der Waals surface area contributed by atoms with E-state index in [-0.39, 0.29) is 55.4 Å². The summed E-state index contributed by atoms with van der Waals surface area (Å²) in [4.78, 5) is 51.5. The number of hydrogen-bond donors (Lipinski definition) is 2. The Morgan fingerprint density at radius 3 is 2.42 bits per heavy atom. The van der Waals surface area contributed by atoms with Crippen molar-refractivity contribution >= 4 is 23.9 Å². The summed E-state index contributed by atoms with van der Waals surface area (Å²) in [5.41, 5.74) is 2.74. The fourth-order valence-corrected chi connectivity index (χ4v) is 12.8. The maximum absolute atomic E-state index is 15.3. The number of nitrogens with one attached hydrogen (secondary N) is 1. The first kappa shape index (κ1) is 37.2. The highest BCUT2D eigenvalue weighted by molar-refractivity contribution is 5.96. The topological polar surface area (TPSA) is 139 Å². The molecule has 10 fully saturated rings. The van der Waals surface area contributed by atoms with E-state index in [2.05, 4.69) is 56.4 Å². The maximum Gasteiger partial charge on any atom is 0.327 e. The quantitative estimate of drug-likeness (QED) is 0.269. The van der Waals surface area contributed by atoms with Crippen molar-refractivity contribution in [3.63, 3.8) is 0 Å². The molecule has 0 spiro atoms. The third-order valence-corrected chi connectivity index (χ3v) is 16.2. The second-order valence-electron chi connectivity index (χ2n) is 20.2. The molecule has 5 aliphatic heterocycles. The highest BCUT2D eigenvalue weighted by atomic mass is 16.8. The summed E-state index contributed by atoms with van der Waals surface area (Å²) in [6.07, 6.45) is 11.5. The third-order valence-electron chi connectivity index (χ3n) is 16.2. The first-order chi connectivity index (χ1) is 27.4. The zero-order valence-corrected chi connectivity index (χ0v) is 33.7. The fourth-order valence-electron chi connectivity index (χ4n) is 12.8. The van der Waals surface area contributed by atoms with Crippen LogP contribution in [0.4, 0.5) is 0 Å². The number of esters is 1. The summed E-state index contributed by atoms with van der Waals surface area (Å²) in [6, 6.07) is 6.83. The number of nitrogens with zero attached hydrogens (tertiary/aromatic N) is 2. The molecule has 2 amide bonds. The molecule has 5 aliphatic carbocycles. The monoisotopic (exact) mass is 785 g/mol. The molecule has 0 radical (unpaired) electrons. The van der Waals surface area contributed by atoms with Crippen molar-refractivity contribution in [2.24, 2.45) is 34.5 Å². The number of amides is 2. The summed E-state index contributed by atoms with van der Waals surface area (Å²) in [6.45, 7) is 7.74. The summed E-state index contributed by atoms with van der Waals surface area (Å²) >= 11 is 0. The van der Waals surface area contributed by atoms with Crippen molar-refractivity contribution < 1.29 is 43.3 Å². The molecule has 1 aromatic rings. The summed E-state index contributed by atoms with van der Waals surface area (Å²) < 4.78 is 26.4. The Labute approximate surface area is 335 Å². The van der Waals surface area contributed by atoms with Gasteiger partial charge in [-0.3, -0.25) is 19.2 Å². The van der Waals surface area contributed by atoms with E-state index in [4.69, 9.17) is 23.8 Å². The van der Waals surface area contributed by atoms with Crippen LogP contribution in [0.5, 0.6) is 0 Å². The van der Waals surface area contributed by atoms with Crippen molar-refractivity contribution in [2.75, 3.05) is 19.7 Å². The standard InChI is InChI=1S/C45H59N3O9/c1-42(2)22-30-27(10-15-34-43(3,54-34)17-16-31(30)42)21-25-6-8-26(9-7-25)24-48-37-40(51)53-33-23-44(37,41(52)47-19-4-5-32(47)39(50)46-18-20-49)38(57-48)36-35(33)55-45(56-36,28-11-12-28)29-13-14-29/h6-9,21,28-38,49H,4-5,10-20,22-24H2,1-3H3,(H,46,50)/t30-,31-,32-,33+,34?,35+,36+,37+,38-,43-,44+/m1/s1. The molecule has 1 unspecified atom stereocenters. The molecule has 11 atom stereocenters. The lowest BCUT2D eigenvalue weighted by Crippen LogP contribution is -2.70. The molecule has 5 saturated heterocycles. The molecule has 57 heavy (non-hydrogen) atoms. The minimum atomic E-state index is -1.32. The molecule has 308 valence electrons. The number of ether oxygens (including phenoxy) is 4. The van der Waals surface area contributed by atoms with Crippen LogP contribution in [-0.4, -0.2) is 107 Å². The van der Waals surface area contributed by atoms with Crippen molar-refractivity contribution in [1.29, 1.82) is 0 Å². The SMILES string of the molecule is CC1(C)C[C@@H]2C(=Cc3ccc(CN4O[C@@H]5[C@H]6OC(C7CC7)(C7CC7)O[C@H]6[C@@H]6C[C@]5(C(=O)N5CCC[C@@H]5C(=O)NCCO)[C@@H]4C(=O)O6)cc3)CCC3O[C@]3(C)CC[C@H]21. The van der Waals surface area contributed by atoms with Gasteiger partial charge in [-0.1, -0.05) is 49.8 Å². The van der Waals surface area contributed by atoms with E-state index in [1.54, 1.807) is 9.96 Å². The van der Waals surface area contributed by atoms with Crippen LogP contribution in [0.2, 0.25) is 0 Å². The van der Waals surface area contributed by atoms with E-state index in [1.165, 1.54) is 18.4 Å². The molecule has 10 aliphatic rings. The molecule has 0 aromatic heterocycles. The average Bonchev–Trinajstić information content (AvgIpc) is 4.16. The average molecular weight is 786 g/mol. The van der Waals surface area contributed by atoms with Gasteiger partial charge < -0.3 is 34.3 Å². The predicted molar refractivity (Wildman–Crippen MR) is 205 cm³/mol. The van der Waals surface area contributed by atoms with Crippen LogP contribution in [0.3, 0.4) is 0 Å². The van der Waals surface area contributed by atoms with E-state index < -0.39 is 53.7 Å². The molecule has 12 heteroatoms. The van der Waals surface area contributed by atoms with E-state index in [1.807, 2.05) is 0 Å². The van der Waals surface area contributed by atoms with Crippen molar-refractivity contribution in [3.05, 3.63) is 41.0 Å². The number of carbonyl (C=O) groups excluding carboxylic acids is 3. The van der Waals surface area contributed by atoms with E-state index in [9.17, 15) is 14.7 Å². The Kier molecular flexibility index (Phi) is 8.51. The Bertz CT molecular complexity index is 1850. The van der Waals surface area contributed by atoms with Gasteiger partial charge in [-0.25, -0.2) is 0 Å². The largest absolute Gasteiger partial charge is 0.458 e. The van der Waals surface area contributed by atoms with Crippen molar-refractivity contribution in [2.45, 2.75) is 158 Å². The van der Waals surface area contributed by atoms with E-state index >= 15 is 4.79 Å². The highest BCUT2D eigenvalue weighted by Crippen LogP contribution is 2.64. The number of aliphatic hydroxyl groups excluding tert-OH is 1. The van der Waals surface area contributed by atoms with Gasteiger partial charge in [0, 0.05) is 31.3 Å². The first-order valence-electron chi connectivity index (χ1n) is 22.1. The number of carbonyl (C=O) groups is 3. The van der Waals surface area contributed by atoms with Crippen LogP contribution >= 0.6 is 0 Å². The maximum atomic E-state index is 15.3. The molecular weight excluding hydrogens is 727 g/mol. The second kappa shape index (κ2) is 13.1. The molecule has 2 bridgehead atoms. The Morgan fingerprint density at radius 2 is 1.70 bits per heavy atom. The zero-order chi connectivity index (χ0) is 39.1. The summed E-state index contributed by atoms with van der Waals surface area (Å²) in [5, 5.41) is 13.9. The molecular formula is C45H59N3O9. The third kappa shape index (κ3) is 5.77. The second-order valence-corrected chi connectivity index (χ2v) is 20.2. The van der Waals surface area contributed by atoms with Crippen LogP contribution in [0.25, 0.3) is 6.08 Å². The number of hydrogen-bond acceptors (Lipinski definition) is 10. The first-order valence-corrected chi connectivity index (χ1v) is 22.1. The van der Waals surface area contributed by atoms with Gasteiger partial charge in [0.25, 0.3) is 0 Å². The number of likely N-dealkylation sites (tertiary alicyclic amines) is 1. The molecule has 5 saturated carbocycles. The minimum absolute atomic E-state index is 0.0534. The molecule has 2 N–H and O–H groups in total. The van der Waals surface area contributed by atoms with Crippen molar-refractivity contribution in [3.8, 4) is 0 Å². The van der Waals surface area contributed by atoms with Crippen LogP contribution in [0.15, 0.2) is 29.8 Å². The van der Waals surface area contributed by atoms with Gasteiger partial charge in [-0.15, -0.1) is 0 Å². The molecule has 11 rings (SSSR count). The Hall–Kier alpha value is -2.87. The summed E-state index contributed by atoms with van der Waals surface area (Å²) in [7, 11) is 0. The van der Waals surface area contributed by atoms with Crippen molar-refractivity contribution in [1.82, 2.24) is 15.3 Å². The lowest BCUT2D eigenvalue weighted by molar-refractivity contribution is -0.235. The van der Waals surface area contributed by atoms with E-state index in [0.29, 0.717) is 42.7 Å². The fraction of sp³-hybridized carbons (Fsp3) is 0.756. The smallest absolute Gasteiger partial charge is 0.327 e. The number of fused-ring (bicyclic) bond motifs is 6. The number of rotatable bonds is 9. The number of allylic oxidation sites excluding steroid dienone is 1. The van der Waals surface area contributed by atoms with Crippen LogP contribution < -0.4 is 5.32 Å². The van der Waals surface area contributed by atoms with Gasteiger partial charge in [0.05, 0.1) is 24.9 Å². The van der Waals surface area contributed by atoms with Gasteiger partial charge in [-0.05, 0) is 106 Å². The van der Waals surface area contributed by atoms with Crippen LogP contribution in [0, 0.1) is 34.5 Å². The number of epoxide rings is 1. The van der Waals surface area contributed by atoms with Crippen LogP contribution in [0.1, 0.15) is 109 Å². The number of aliphatic hydroxyl groups is 1. The minimum Gasteiger partial charge on any atom is -0.458 e.